The first-order valence-corrected chi connectivity index (χ1v) is 29.2. The van der Waals surface area contributed by atoms with Gasteiger partial charge < -0.3 is 19.8 Å². The molecule has 9 heteroatoms. The highest BCUT2D eigenvalue weighted by Gasteiger charge is 2.27. The molecule has 0 bridgehead atoms. The van der Waals surface area contributed by atoms with Crippen LogP contribution in [0.1, 0.15) is 187 Å². The Morgan fingerprint density at radius 3 is 1.30 bits per heavy atom. The molecule has 3 atom stereocenters. The molecular formula is C62H104N2O6P+. The fraction of sp³-hybridized carbons (Fsp3) is 0.597. The average molecular weight is 1000 g/mol. The lowest BCUT2D eigenvalue weighted by Gasteiger charge is -2.25. The number of amides is 1. The van der Waals surface area contributed by atoms with Crippen LogP contribution in [0.2, 0.25) is 0 Å². The number of nitrogens with zero attached hydrogens (tertiary/aromatic N) is 1. The highest BCUT2D eigenvalue weighted by Crippen LogP contribution is 2.43. The van der Waals surface area contributed by atoms with Crippen molar-refractivity contribution in [1.82, 2.24) is 5.32 Å². The maximum absolute atomic E-state index is 12.9. The number of phosphoric acid groups is 1. The second kappa shape index (κ2) is 51.3. The number of rotatable bonds is 48. The van der Waals surface area contributed by atoms with Crippen LogP contribution in [-0.2, 0) is 18.4 Å². The van der Waals surface area contributed by atoms with Gasteiger partial charge in [-0.25, -0.2) is 4.57 Å². The number of nitrogens with one attached hydrogen (secondary N) is 1. The number of carbonyl (C=O) groups is 1. The first-order valence-electron chi connectivity index (χ1n) is 27.7. The van der Waals surface area contributed by atoms with Crippen LogP contribution in [0.3, 0.4) is 0 Å². The lowest BCUT2D eigenvalue weighted by atomic mass is 10.1. The van der Waals surface area contributed by atoms with Gasteiger partial charge in [0, 0.05) is 6.42 Å². The molecule has 71 heavy (non-hydrogen) atoms. The molecule has 3 unspecified atom stereocenters. The van der Waals surface area contributed by atoms with Crippen molar-refractivity contribution in [3.8, 4) is 0 Å². The molecule has 3 N–H and O–H groups in total. The van der Waals surface area contributed by atoms with Crippen molar-refractivity contribution < 1.29 is 32.9 Å². The molecule has 0 aromatic heterocycles. The van der Waals surface area contributed by atoms with Crippen LogP contribution in [0.4, 0.5) is 0 Å². The minimum atomic E-state index is -4.36. The van der Waals surface area contributed by atoms with Crippen LogP contribution < -0.4 is 5.32 Å². The summed E-state index contributed by atoms with van der Waals surface area (Å²) in [4.78, 5) is 23.2. The van der Waals surface area contributed by atoms with Crippen LogP contribution in [0.15, 0.2) is 146 Å². The molecule has 0 fully saturated rings. The summed E-state index contributed by atoms with van der Waals surface area (Å²) in [5, 5.41) is 13.8. The van der Waals surface area contributed by atoms with Gasteiger partial charge in [-0.2, -0.15) is 0 Å². The number of hydrogen-bond acceptors (Lipinski definition) is 5. The summed E-state index contributed by atoms with van der Waals surface area (Å²) in [5.41, 5.74) is 0. The largest absolute Gasteiger partial charge is 0.472 e. The normalized spacial score (nSPS) is 15.1. The van der Waals surface area contributed by atoms with Gasteiger partial charge >= 0.3 is 7.82 Å². The van der Waals surface area contributed by atoms with Gasteiger partial charge in [0.25, 0.3) is 0 Å². The van der Waals surface area contributed by atoms with E-state index in [4.69, 9.17) is 9.05 Å². The Kier molecular flexibility index (Phi) is 48.7. The summed E-state index contributed by atoms with van der Waals surface area (Å²) in [6, 6.07) is -0.881. The summed E-state index contributed by atoms with van der Waals surface area (Å²) < 4.78 is 23.6. The van der Waals surface area contributed by atoms with Gasteiger partial charge in [-0.3, -0.25) is 13.8 Å². The Bertz CT molecular complexity index is 1660. The lowest BCUT2D eigenvalue weighted by molar-refractivity contribution is -0.870. The zero-order valence-corrected chi connectivity index (χ0v) is 46.5. The van der Waals surface area contributed by atoms with Gasteiger partial charge in [0.1, 0.15) is 13.2 Å². The standard InChI is InChI=1S/C62H103N2O6P/c1-6-8-10-12-14-16-18-20-21-22-23-24-25-26-27-28-29-30-31-32-33-34-35-36-37-38-39-40-41-42-43-44-46-48-50-52-54-56-62(66)63-60(59-70-71(67,68)69-58-57-64(3,4)5)61(65)55-53-51-49-47-45-19-17-15-13-11-9-7-2/h8,10,14,16,20-21,23-24,26-27,29-30,32-33,35-36,38-39,41-42,45,47,53,55,60-61,65H,6-7,9,11-13,15,17-19,22,25,28,31,34,37,40,43-44,46,48-52,54,56-59H2,1-5H3,(H-,63,66,67,68)/p+1/b10-8-,16-14-,21-20-,24-23-,27-26-,30-29-,33-32-,36-35-,39-38-,42-41-,47-45+,55-53+. The van der Waals surface area contributed by atoms with Crippen molar-refractivity contribution in [2.45, 2.75) is 199 Å². The van der Waals surface area contributed by atoms with Crippen LogP contribution in [-0.4, -0.2) is 73.4 Å². The number of quaternary nitrogens is 1. The van der Waals surface area contributed by atoms with Crippen LogP contribution in [0.25, 0.3) is 0 Å². The van der Waals surface area contributed by atoms with Crippen molar-refractivity contribution in [1.29, 1.82) is 0 Å². The summed E-state index contributed by atoms with van der Waals surface area (Å²) in [6.07, 6.45) is 79.5. The Hall–Kier alpha value is -3.62. The summed E-state index contributed by atoms with van der Waals surface area (Å²) in [6.45, 7) is 4.62. The minimum Gasteiger partial charge on any atom is -0.387 e. The fourth-order valence-electron chi connectivity index (χ4n) is 6.97. The molecule has 0 aliphatic carbocycles. The van der Waals surface area contributed by atoms with Gasteiger partial charge in [0.2, 0.25) is 5.91 Å². The zero-order chi connectivity index (χ0) is 52.0. The SMILES string of the molecule is CC/C=C\C/C=C\C/C=C\C/C=C\C/C=C\C/C=C\C/C=C\C/C=C\C/C=C\C/C=C\CCCCCCCCC(=O)NC(COP(=O)(O)OCC[N+](C)(C)C)C(O)/C=C/CC/C=C/CCCCCCCC. The van der Waals surface area contributed by atoms with Crippen molar-refractivity contribution in [3.63, 3.8) is 0 Å². The first-order chi connectivity index (χ1) is 34.5. The minimum absolute atomic E-state index is 0.0449. The van der Waals surface area contributed by atoms with E-state index in [1.807, 2.05) is 27.2 Å². The number of aliphatic hydroxyl groups excluding tert-OH is 1. The molecule has 0 spiro atoms. The van der Waals surface area contributed by atoms with E-state index >= 15 is 0 Å². The predicted octanol–water partition coefficient (Wildman–Crippen LogP) is 16.9. The maximum atomic E-state index is 12.9. The lowest BCUT2D eigenvalue weighted by Crippen LogP contribution is -2.45. The summed E-state index contributed by atoms with van der Waals surface area (Å²) in [5.74, 6) is -0.210. The second-order valence-electron chi connectivity index (χ2n) is 19.2. The summed E-state index contributed by atoms with van der Waals surface area (Å²) in [7, 11) is 1.52. The van der Waals surface area contributed by atoms with E-state index in [0.717, 1.165) is 128 Å². The molecule has 402 valence electrons. The highest BCUT2D eigenvalue weighted by molar-refractivity contribution is 7.47. The smallest absolute Gasteiger partial charge is 0.387 e. The number of allylic oxidation sites excluding steroid dienone is 23. The average Bonchev–Trinajstić information content (AvgIpc) is 3.33. The van der Waals surface area contributed by atoms with E-state index in [9.17, 15) is 19.4 Å². The fourth-order valence-corrected chi connectivity index (χ4v) is 7.70. The number of hydrogen-bond donors (Lipinski definition) is 3. The molecule has 0 rings (SSSR count). The molecule has 1 amide bonds. The molecule has 0 saturated carbocycles. The Balaban J connectivity index is 4.21. The maximum Gasteiger partial charge on any atom is 0.472 e. The Labute approximate surface area is 436 Å². The molecule has 0 radical (unpaired) electrons. The third-order valence-electron chi connectivity index (χ3n) is 11.3. The Morgan fingerprint density at radius 1 is 0.493 bits per heavy atom. The topological polar surface area (TPSA) is 105 Å². The molecule has 0 aliphatic heterocycles. The van der Waals surface area contributed by atoms with Gasteiger partial charge in [0.05, 0.1) is 39.9 Å². The highest BCUT2D eigenvalue weighted by atomic mass is 31.2. The second-order valence-corrected chi connectivity index (χ2v) is 20.7. The van der Waals surface area contributed by atoms with E-state index in [1.165, 1.54) is 38.5 Å². The van der Waals surface area contributed by atoms with Crippen molar-refractivity contribution in [2.24, 2.45) is 0 Å². The molecule has 0 heterocycles. The Morgan fingerprint density at radius 2 is 0.859 bits per heavy atom. The molecular weight excluding hydrogens is 900 g/mol. The number of likely N-dealkylation sites (N-methyl/N-ethyl adjacent to an activating group) is 1. The predicted molar refractivity (Wildman–Crippen MR) is 308 cm³/mol. The van der Waals surface area contributed by atoms with Crippen LogP contribution >= 0.6 is 7.82 Å². The quantitative estimate of drug-likeness (QED) is 0.0243. The van der Waals surface area contributed by atoms with E-state index in [1.54, 1.807) is 6.08 Å². The van der Waals surface area contributed by atoms with Crippen LogP contribution in [0, 0.1) is 0 Å². The van der Waals surface area contributed by atoms with Crippen molar-refractivity contribution >= 4 is 13.7 Å². The van der Waals surface area contributed by atoms with Gasteiger partial charge in [0.15, 0.2) is 0 Å². The third kappa shape index (κ3) is 54.0. The molecule has 0 aromatic rings. The summed E-state index contributed by atoms with van der Waals surface area (Å²) >= 11 is 0. The van der Waals surface area contributed by atoms with E-state index in [0.29, 0.717) is 17.4 Å². The molecule has 8 nitrogen and oxygen atoms in total. The number of unbranched alkanes of at least 4 members (excludes halogenated alkanes) is 13. The first kappa shape index (κ1) is 67.4. The van der Waals surface area contributed by atoms with E-state index in [2.05, 4.69) is 153 Å². The number of aliphatic hydroxyl groups is 1. The van der Waals surface area contributed by atoms with Crippen molar-refractivity contribution in [2.75, 3.05) is 40.9 Å². The number of phosphoric ester groups is 1. The van der Waals surface area contributed by atoms with E-state index in [-0.39, 0.29) is 19.1 Å². The monoisotopic (exact) mass is 1000 g/mol. The van der Waals surface area contributed by atoms with Gasteiger partial charge in [-0.1, -0.05) is 217 Å². The van der Waals surface area contributed by atoms with Crippen LogP contribution in [0.5, 0.6) is 0 Å². The van der Waals surface area contributed by atoms with Gasteiger partial charge in [-0.15, -0.1) is 0 Å². The molecule has 0 saturated heterocycles. The van der Waals surface area contributed by atoms with Gasteiger partial charge in [-0.05, 0) is 109 Å². The van der Waals surface area contributed by atoms with E-state index < -0.39 is 20.0 Å². The zero-order valence-electron chi connectivity index (χ0n) is 45.6. The number of carbonyl (C=O) groups excluding carboxylic acids is 1. The molecule has 0 aliphatic rings. The van der Waals surface area contributed by atoms with Crippen molar-refractivity contribution in [3.05, 3.63) is 146 Å². The third-order valence-corrected chi connectivity index (χ3v) is 12.3. The molecule has 0 aromatic carbocycles.